The smallest absolute Gasteiger partial charge is 0.258 e. The molecule has 1 aliphatic carbocycles. The van der Waals surface area contributed by atoms with Gasteiger partial charge in [0.1, 0.15) is 0 Å². The van der Waals surface area contributed by atoms with E-state index in [1.165, 1.54) is 0 Å². The summed E-state index contributed by atoms with van der Waals surface area (Å²) in [5, 5.41) is 8.70. The molecule has 0 bridgehead atoms. The van der Waals surface area contributed by atoms with Crippen molar-refractivity contribution in [2.45, 2.75) is 11.0 Å². The van der Waals surface area contributed by atoms with Crippen LogP contribution in [0.3, 0.4) is 0 Å². The van der Waals surface area contributed by atoms with Gasteiger partial charge in [0.05, 0.1) is 0 Å². The Hall–Kier alpha value is -2.51. The van der Waals surface area contributed by atoms with Gasteiger partial charge in [0, 0.05) is 0 Å². The summed E-state index contributed by atoms with van der Waals surface area (Å²) < 4.78 is 0. The van der Waals surface area contributed by atoms with Gasteiger partial charge in [0.15, 0.2) is 11.0 Å². The zero-order valence-electron chi connectivity index (χ0n) is 11.9. The van der Waals surface area contributed by atoms with Crippen molar-refractivity contribution < 1.29 is 4.79 Å². The Labute approximate surface area is 137 Å². The van der Waals surface area contributed by atoms with Crippen molar-refractivity contribution in [2.24, 2.45) is 5.10 Å². The number of hydrogen-bond acceptors (Lipinski definition) is 6. The number of nitrogens with zero attached hydrogens (tertiary/aromatic N) is 2. The number of carbonyl (C=O) groups excluding carboxylic acids is 1. The summed E-state index contributed by atoms with van der Waals surface area (Å²) in [5.74, 6) is 0.289. The van der Waals surface area contributed by atoms with Gasteiger partial charge in [-0.05, 0) is 22.3 Å². The Morgan fingerprint density at radius 2 is 1.65 bits per heavy atom. The van der Waals surface area contributed by atoms with Crippen molar-refractivity contribution in [3.05, 3.63) is 59.7 Å². The molecule has 3 aliphatic rings. The molecule has 7 heteroatoms. The van der Waals surface area contributed by atoms with Crippen LogP contribution >= 0.6 is 12.6 Å². The van der Waals surface area contributed by atoms with Crippen LogP contribution < -0.4 is 16.2 Å². The van der Waals surface area contributed by atoms with Gasteiger partial charge >= 0.3 is 0 Å². The third-order valence-corrected chi connectivity index (χ3v) is 4.91. The lowest BCUT2D eigenvalue weighted by molar-refractivity contribution is -0.128. The molecule has 1 atom stereocenters. The zero-order valence-corrected chi connectivity index (χ0v) is 12.8. The summed E-state index contributed by atoms with van der Waals surface area (Å²) >= 11 is 4.45. The van der Waals surface area contributed by atoms with E-state index in [0.717, 1.165) is 22.3 Å². The average Bonchev–Trinajstić information content (AvgIpc) is 3.07. The van der Waals surface area contributed by atoms with E-state index in [0.29, 0.717) is 5.96 Å². The van der Waals surface area contributed by atoms with Crippen molar-refractivity contribution >= 4 is 24.5 Å². The second kappa shape index (κ2) is 4.27. The van der Waals surface area contributed by atoms with E-state index >= 15 is 0 Å². The third kappa shape index (κ3) is 1.48. The molecule has 114 valence electrons. The van der Waals surface area contributed by atoms with E-state index < -0.39 is 5.54 Å². The number of fused-ring (bicyclic) bond motifs is 6. The Kier molecular flexibility index (Phi) is 2.41. The number of nitrogens with one attached hydrogen (secondary N) is 3. The molecule has 2 aromatic carbocycles. The highest BCUT2D eigenvalue weighted by molar-refractivity contribution is 7.80. The number of amides is 1. The summed E-state index contributed by atoms with van der Waals surface area (Å²) in [6.45, 7) is 0. The van der Waals surface area contributed by atoms with Crippen molar-refractivity contribution in [1.29, 1.82) is 0 Å². The molecular weight excluding hydrogens is 310 g/mol. The first-order valence-electron chi connectivity index (χ1n) is 7.31. The van der Waals surface area contributed by atoms with Crippen molar-refractivity contribution in [2.75, 3.05) is 0 Å². The zero-order chi connectivity index (χ0) is 15.6. The van der Waals surface area contributed by atoms with Crippen LogP contribution in [0.5, 0.6) is 0 Å². The second-order valence-corrected chi connectivity index (χ2v) is 6.20. The Morgan fingerprint density at radius 1 is 1.04 bits per heavy atom. The Bertz CT molecular complexity index is 835. The van der Waals surface area contributed by atoms with Gasteiger partial charge in [0.2, 0.25) is 5.96 Å². The fourth-order valence-electron chi connectivity index (χ4n) is 3.58. The molecule has 1 amide bonds. The lowest BCUT2D eigenvalue weighted by Crippen LogP contribution is -2.70. The topological polar surface area (TPSA) is 68.8 Å². The minimum absolute atomic E-state index is 0.144. The molecule has 1 saturated heterocycles. The van der Waals surface area contributed by atoms with Crippen LogP contribution in [-0.4, -0.2) is 22.4 Å². The maximum absolute atomic E-state index is 13.1. The second-order valence-electron chi connectivity index (χ2n) is 5.72. The molecule has 1 unspecified atom stereocenters. The highest BCUT2D eigenvalue weighted by atomic mass is 32.1. The predicted molar refractivity (Wildman–Crippen MR) is 89.1 cm³/mol. The lowest BCUT2D eigenvalue weighted by atomic mass is 9.86. The molecule has 0 radical (unpaired) electrons. The molecule has 6 nitrogen and oxygen atoms in total. The summed E-state index contributed by atoms with van der Waals surface area (Å²) in [6, 6.07) is 15.9. The summed E-state index contributed by atoms with van der Waals surface area (Å²) in [5.41, 5.74) is 8.87. The van der Waals surface area contributed by atoms with Gasteiger partial charge in [0.25, 0.3) is 5.91 Å². The van der Waals surface area contributed by atoms with Crippen LogP contribution in [0.1, 0.15) is 11.1 Å². The van der Waals surface area contributed by atoms with Gasteiger partial charge in [-0.3, -0.25) is 15.5 Å². The minimum atomic E-state index is -0.973. The number of benzene rings is 2. The van der Waals surface area contributed by atoms with Gasteiger partial charge < -0.3 is 0 Å². The fraction of sp³-hybridized carbons (Fsp3) is 0.125. The predicted octanol–water partition coefficient (Wildman–Crippen LogP) is 0.935. The lowest BCUT2D eigenvalue weighted by Gasteiger charge is -2.41. The first kappa shape index (κ1) is 13.0. The molecule has 2 aromatic rings. The van der Waals surface area contributed by atoms with Crippen LogP contribution in [-0.2, 0) is 10.3 Å². The molecule has 2 aliphatic heterocycles. The number of guanidine groups is 1. The molecular formula is C16H13N5OS. The normalized spacial score (nSPS) is 22.8. The maximum Gasteiger partial charge on any atom is 0.258 e. The molecule has 1 spiro atoms. The van der Waals surface area contributed by atoms with Gasteiger partial charge in [-0.1, -0.05) is 48.5 Å². The van der Waals surface area contributed by atoms with Crippen LogP contribution in [0.4, 0.5) is 0 Å². The first-order valence-corrected chi connectivity index (χ1v) is 7.82. The molecule has 0 aromatic heterocycles. The van der Waals surface area contributed by atoms with Crippen LogP contribution in [0.15, 0.2) is 53.6 Å². The number of hydrazine groups is 1. The fourth-order valence-corrected chi connectivity index (χ4v) is 3.80. The summed E-state index contributed by atoms with van der Waals surface area (Å²) in [7, 11) is 0. The van der Waals surface area contributed by atoms with Gasteiger partial charge in [-0.2, -0.15) is 0 Å². The quantitative estimate of drug-likeness (QED) is 0.545. The highest BCUT2D eigenvalue weighted by Gasteiger charge is 2.55. The average molecular weight is 323 g/mol. The maximum atomic E-state index is 13.1. The van der Waals surface area contributed by atoms with E-state index in [9.17, 15) is 4.79 Å². The van der Waals surface area contributed by atoms with Gasteiger partial charge in [-0.15, -0.1) is 17.7 Å². The third-order valence-electron chi connectivity index (χ3n) is 4.57. The Balaban J connectivity index is 1.78. The molecule has 0 saturated carbocycles. The number of carbonyl (C=O) groups is 1. The molecule has 5 rings (SSSR count). The summed E-state index contributed by atoms with van der Waals surface area (Å²) in [6.07, 6.45) is 0. The molecule has 3 N–H and O–H groups in total. The largest absolute Gasteiger partial charge is 0.292 e. The Morgan fingerprint density at radius 3 is 2.30 bits per heavy atom. The molecule has 1 fully saturated rings. The highest BCUT2D eigenvalue weighted by Crippen LogP contribution is 2.48. The number of thiol groups is 1. The number of hydrogen-bond donors (Lipinski definition) is 4. The first-order chi connectivity index (χ1) is 11.2. The van der Waals surface area contributed by atoms with E-state index in [2.05, 4.69) is 33.9 Å². The van der Waals surface area contributed by atoms with E-state index in [1.54, 1.807) is 5.01 Å². The van der Waals surface area contributed by atoms with Crippen LogP contribution in [0, 0.1) is 0 Å². The minimum Gasteiger partial charge on any atom is -0.292 e. The van der Waals surface area contributed by atoms with E-state index in [1.807, 2.05) is 48.5 Å². The SMILES string of the molecule is O=C1NC2=NNC(S)N2NC12c1ccccc1-c1ccccc12. The van der Waals surface area contributed by atoms with Crippen molar-refractivity contribution in [1.82, 2.24) is 21.2 Å². The molecule has 2 heterocycles. The standard InChI is InChI=1S/C16H13N5OS/c22-13-16(20-21-14(17-13)18-19-15(21)23)11-7-3-1-5-9(11)10-6-2-4-8-12(10)16/h1-8,15,19-20,23H,(H,17,18,22). The van der Waals surface area contributed by atoms with E-state index in [4.69, 9.17) is 0 Å². The van der Waals surface area contributed by atoms with Gasteiger partial charge in [-0.25, -0.2) is 10.4 Å². The van der Waals surface area contributed by atoms with Crippen LogP contribution in [0.25, 0.3) is 11.1 Å². The number of rotatable bonds is 0. The van der Waals surface area contributed by atoms with Crippen molar-refractivity contribution in [3.8, 4) is 11.1 Å². The number of hydrazone groups is 1. The van der Waals surface area contributed by atoms with E-state index in [-0.39, 0.29) is 11.4 Å². The monoisotopic (exact) mass is 323 g/mol. The van der Waals surface area contributed by atoms with Crippen LogP contribution in [0.2, 0.25) is 0 Å². The van der Waals surface area contributed by atoms with Crippen molar-refractivity contribution in [3.63, 3.8) is 0 Å². The summed E-state index contributed by atoms with van der Waals surface area (Å²) in [4.78, 5) is 13.1. The molecule has 23 heavy (non-hydrogen) atoms.